The summed E-state index contributed by atoms with van der Waals surface area (Å²) in [5.74, 6) is -0.116. The highest BCUT2D eigenvalue weighted by Gasteiger charge is 2.19. The Morgan fingerprint density at radius 3 is 2.14 bits per heavy atom. The number of hydrogen-bond donors (Lipinski definition) is 0. The van der Waals surface area contributed by atoms with E-state index in [4.69, 9.17) is 0 Å². The predicted molar refractivity (Wildman–Crippen MR) is 129 cm³/mol. The molecule has 0 N–H and O–H groups in total. The summed E-state index contributed by atoms with van der Waals surface area (Å²) in [6.45, 7) is 6.09. The molecule has 0 fully saturated rings. The molecule has 1 aromatic carbocycles. The largest absolute Gasteiger partial charge is 0.206 e. The molecule has 0 atom stereocenters. The van der Waals surface area contributed by atoms with E-state index < -0.39 is 0 Å². The van der Waals surface area contributed by atoms with E-state index in [9.17, 15) is 4.39 Å². The zero-order valence-corrected chi connectivity index (χ0v) is 19.7. The fraction of sp³-hybridized carbons (Fsp3) is 0.143. The average molecular weight is 473 g/mol. The maximum absolute atomic E-state index is 13.9. The highest BCUT2D eigenvalue weighted by atomic mass is 32.1. The van der Waals surface area contributed by atoms with Crippen molar-refractivity contribution in [3.8, 4) is 19.5 Å². The van der Waals surface area contributed by atoms with E-state index in [1.54, 1.807) is 17.4 Å². The average Bonchev–Trinajstić information content (AvgIpc) is 3.45. The lowest BCUT2D eigenvalue weighted by atomic mass is 10.1. The first-order chi connectivity index (χ1) is 14.0. The molecule has 5 aromatic heterocycles. The van der Waals surface area contributed by atoms with E-state index in [1.165, 1.54) is 63.4 Å². The van der Waals surface area contributed by atoms with Gasteiger partial charge in [0, 0.05) is 40.0 Å². The Balaban J connectivity index is 1.59. The highest BCUT2D eigenvalue weighted by Crippen LogP contribution is 2.48. The molecule has 0 aliphatic heterocycles. The van der Waals surface area contributed by atoms with Gasteiger partial charge in [0.1, 0.15) is 16.9 Å². The number of aromatic nitrogens is 2. The Morgan fingerprint density at radius 2 is 1.41 bits per heavy atom. The molecule has 0 saturated carbocycles. The molecule has 0 spiro atoms. The van der Waals surface area contributed by atoms with Crippen molar-refractivity contribution in [3.63, 3.8) is 0 Å². The van der Waals surface area contributed by atoms with E-state index in [0.717, 1.165) is 25.7 Å². The van der Waals surface area contributed by atoms with E-state index in [1.807, 2.05) is 29.6 Å². The van der Waals surface area contributed by atoms with Crippen LogP contribution in [0.3, 0.4) is 0 Å². The second-order valence-electron chi connectivity index (χ2n) is 7.05. The number of hydrogen-bond acceptors (Lipinski definition) is 7. The highest BCUT2D eigenvalue weighted by molar-refractivity contribution is 7.31. The number of fused-ring (bicyclic) bond motifs is 6. The van der Waals surface area contributed by atoms with Crippen LogP contribution in [0.5, 0.6) is 0 Å². The fourth-order valence-corrected chi connectivity index (χ4v) is 8.89. The molecule has 0 aliphatic rings. The summed E-state index contributed by atoms with van der Waals surface area (Å²) in [7, 11) is 0. The van der Waals surface area contributed by atoms with Crippen LogP contribution in [-0.2, 0) is 0 Å². The van der Waals surface area contributed by atoms with E-state index in [0.29, 0.717) is 0 Å². The topological polar surface area (TPSA) is 25.8 Å². The van der Waals surface area contributed by atoms with Crippen LogP contribution in [0.4, 0.5) is 4.39 Å². The third-order valence-corrected chi connectivity index (χ3v) is 10.6. The number of rotatable bonds is 2. The summed E-state index contributed by atoms with van der Waals surface area (Å²) in [5, 5.41) is 2.40. The molecule has 0 aliphatic carbocycles. The van der Waals surface area contributed by atoms with Gasteiger partial charge in [0.2, 0.25) is 0 Å². The maximum Gasteiger partial charge on any atom is 0.137 e. The Bertz CT molecular complexity index is 1540. The van der Waals surface area contributed by atoms with Gasteiger partial charge in [-0.25, -0.2) is 4.39 Å². The monoisotopic (exact) mass is 472 g/mol. The van der Waals surface area contributed by atoms with Crippen LogP contribution < -0.4 is 0 Å². The lowest BCUT2D eigenvalue weighted by Gasteiger charge is -1.94. The van der Waals surface area contributed by atoms with E-state index in [-0.39, 0.29) is 5.82 Å². The molecule has 0 unspecified atom stereocenters. The van der Waals surface area contributed by atoms with Crippen LogP contribution in [0.1, 0.15) is 15.3 Å². The van der Waals surface area contributed by atoms with Crippen molar-refractivity contribution in [2.24, 2.45) is 0 Å². The summed E-state index contributed by atoms with van der Waals surface area (Å²) in [6.07, 6.45) is 0. The number of halogens is 1. The minimum Gasteiger partial charge on any atom is -0.206 e. The van der Waals surface area contributed by atoms with Crippen molar-refractivity contribution in [2.45, 2.75) is 20.8 Å². The summed E-state index contributed by atoms with van der Waals surface area (Å²) in [4.78, 5) is 6.67. The molecule has 0 amide bonds. The molecular weight excluding hydrogens is 460 g/mol. The Hall–Kier alpha value is -1.71. The standard InChI is InChI=1S/C21H13FN2S5/c1-8-4-14(27-19(8)16-7-13(22)10(3)26-16)15-6-12-18-17(23-29-24-18)11-5-9(2)25-20(11)21(12)28-15/h4-7H,1-3H3. The van der Waals surface area contributed by atoms with Gasteiger partial charge in [-0.05, 0) is 50.6 Å². The van der Waals surface area contributed by atoms with Crippen molar-refractivity contribution in [2.75, 3.05) is 0 Å². The number of nitrogens with zero attached hydrogens (tertiary/aromatic N) is 2. The second-order valence-corrected chi connectivity index (χ2v) is 12.2. The summed E-state index contributed by atoms with van der Waals surface area (Å²) in [5.41, 5.74) is 3.21. The predicted octanol–water partition coefficient (Wildman–Crippen LogP) is 8.64. The van der Waals surface area contributed by atoms with Crippen molar-refractivity contribution in [1.82, 2.24) is 8.75 Å². The molecule has 0 bridgehead atoms. The Labute approximate surface area is 186 Å². The van der Waals surface area contributed by atoms with Crippen molar-refractivity contribution < 1.29 is 4.39 Å². The van der Waals surface area contributed by atoms with Gasteiger partial charge in [-0.2, -0.15) is 8.75 Å². The molecule has 5 heterocycles. The zero-order chi connectivity index (χ0) is 19.9. The van der Waals surface area contributed by atoms with Crippen molar-refractivity contribution in [3.05, 3.63) is 45.4 Å². The van der Waals surface area contributed by atoms with E-state index >= 15 is 0 Å². The first kappa shape index (κ1) is 18.1. The van der Waals surface area contributed by atoms with Crippen LogP contribution >= 0.6 is 57.1 Å². The molecule has 2 nitrogen and oxygen atoms in total. The zero-order valence-electron chi connectivity index (χ0n) is 15.6. The molecule has 6 rings (SSSR count). The summed E-state index contributed by atoms with van der Waals surface area (Å²) < 4.78 is 25.7. The maximum atomic E-state index is 13.9. The Kier molecular flexibility index (Phi) is 3.99. The molecular formula is C21H13FN2S5. The van der Waals surface area contributed by atoms with Crippen molar-refractivity contribution in [1.29, 1.82) is 0 Å². The van der Waals surface area contributed by atoms with Crippen LogP contribution in [0, 0.1) is 26.6 Å². The SMILES string of the molecule is Cc1cc2c3nsnc3c3cc(-c4cc(C)c(-c5cc(F)c(C)s5)s4)sc3c2s1. The van der Waals surface area contributed by atoms with Gasteiger partial charge in [-0.15, -0.1) is 45.3 Å². The van der Waals surface area contributed by atoms with Gasteiger partial charge in [0.15, 0.2) is 0 Å². The summed E-state index contributed by atoms with van der Waals surface area (Å²) in [6, 6.07) is 8.37. The van der Waals surface area contributed by atoms with Crippen LogP contribution in [0.2, 0.25) is 0 Å². The molecule has 6 aromatic rings. The van der Waals surface area contributed by atoms with Gasteiger partial charge < -0.3 is 0 Å². The quantitative estimate of drug-likeness (QED) is 0.252. The fourth-order valence-electron chi connectivity index (χ4n) is 3.68. The first-order valence-corrected chi connectivity index (χ1v) is 12.9. The number of benzene rings is 1. The van der Waals surface area contributed by atoms with Gasteiger partial charge in [-0.1, -0.05) is 0 Å². The lowest BCUT2D eigenvalue weighted by Crippen LogP contribution is -1.72. The summed E-state index contributed by atoms with van der Waals surface area (Å²) >= 11 is 8.21. The molecule has 29 heavy (non-hydrogen) atoms. The normalized spacial score (nSPS) is 12.1. The van der Waals surface area contributed by atoms with Crippen LogP contribution in [-0.4, -0.2) is 8.75 Å². The molecule has 0 radical (unpaired) electrons. The molecule has 0 saturated heterocycles. The first-order valence-electron chi connectivity index (χ1n) is 8.94. The second kappa shape index (κ2) is 6.39. The smallest absolute Gasteiger partial charge is 0.137 e. The van der Waals surface area contributed by atoms with Gasteiger partial charge in [-0.3, -0.25) is 0 Å². The Morgan fingerprint density at radius 1 is 0.724 bits per heavy atom. The van der Waals surface area contributed by atoms with Gasteiger partial charge in [0.25, 0.3) is 0 Å². The van der Waals surface area contributed by atoms with Crippen molar-refractivity contribution >= 4 is 88.3 Å². The van der Waals surface area contributed by atoms with Crippen LogP contribution in [0.25, 0.3) is 50.7 Å². The lowest BCUT2D eigenvalue weighted by molar-refractivity contribution is 0.626. The molecule has 8 heteroatoms. The van der Waals surface area contributed by atoms with Gasteiger partial charge in [0.05, 0.1) is 21.1 Å². The third kappa shape index (κ3) is 2.67. The number of aryl methyl sites for hydroxylation is 3. The van der Waals surface area contributed by atoms with E-state index in [2.05, 4.69) is 40.8 Å². The molecule has 144 valence electrons. The number of thiophene rings is 4. The minimum absolute atomic E-state index is 0.116. The van der Waals surface area contributed by atoms with Crippen LogP contribution in [0.15, 0.2) is 24.3 Å². The van der Waals surface area contributed by atoms with Gasteiger partial charge >= 0.3 is 0 Å². The minimum atomic E-state index is -0.116. The third-order valence-electron chi connectivity index (χ3n) is 5.03.